The minimum absolute atomic E-state index is 0.213. The molecule has 0 heterocycles. The Balaban J connectivity index is 2.29. The van der Waals surface area contributed by atoms with Crippen LogP contribution in [-0.2, 0) is 0 Å². The Kier molecular flexibility index (Phi) is 4.34. The zero-order valence-corrected chi connectivity index (χ0v) is 11.0. The van der Waals surface area contributed by atoms with Gasteiger partial charge in [-0.05, 0) is 43.4 Å². The van der Waals surface area contributed by atoms with Gasteiger partial charge in [0.05, 0.1) is 12.0 Å². The lowest BCUT2D eigenvalue weighted by atomic mass is 9.96. The molecule has 0 fully saturated rings. The van der Waals surface area contributed by atoms with Gasteiger partial charge >= 0.3 is 0 Å². The maximum Gasteiger partial charge on any atom is 0.272 e. The zero-order chi connectivity index (χ0) is 13.7. The van der Waals surface area contributed by atoms with Crippen molar-refractivity contribution in [2.75, 3.05) is 7.11 Å². The Labute approximate surface area is 112 Å². The van der Waals surface area contributed by atoms with Crippen LogP contribution in [0.4, 0.5) is 0 Å². The fourth-order valence-electron chi connectivity index (χ4n) is 2.19. The maximum atomic E-state index is 11.2. The van der Waals surface area contributed by atoms with Crippen LogP contribution in [0.2, 0.25) is 0 Å². The summed E-state index contributed by atoms with van der Waals surface area (Å²) in [6.45, 7) is 0. The van der Waals surface area contributed by atoms with Crippen molar-refractivity contribution in [3.63, 3.8) is 0 Å². The van der Waals surface area contributed by atoms with E-state index >= 15 is 0 Å². The summed E-state index contributed by atoms with van der Waals surface area (Å²) in [5.41, 5.74) is 1.89. The lowest BCUT2D eigenvalue weighted by Gasteiger charge is -2.10. The van der Waals surface area contributed by atoms with Gasteiger partial charge in [-0.3, -0.25) is 10.1 Å². The number of ether oxygens (including phenoxy) is 1. The second kappa shape index (κ2) is 6.18. The number of hydrogen-bond donors (Lipinski definition) is 0. The molecule has 4 nitrogen and oxygen atoms in total. The van der Waals surface area contributed by atoms with Crippen molar-refractivity contribution in [2.45, 2.75) is 25.7 Å². The summed E-state index contributed by atoms with van der Waals surface area (Å²) in [4.78, 5) is 10.9. The first kappa shape index (κ1) is 13.3. The van der Waals surface area contributed by atoms with E-state index in [1.807, 2.05) is 18.2 Å². The largest absolute Gasteiger partial charge is 0.497 e. The molecule has 0 amide bonds. The van der Waals surface area contributed by atoms with E-state index in [0.29, 0.717) is 0 Å². The summed E-state index contributed by atoms with van der Waals surface area (Å²) in [5, 5.41) is 11.2. The van der Waals surface area contributed by atoms with Crippen LogP contribution in [0.15, 0.2) is 41.6 Å². The summed E-state index contributed by atoms with van der Waals surface area (Å²) in [6, 6.07) is 7.26. The highest BCUT2D eigenvalue weighted by molar-refractivity contribution is 5.56. The van der Waals surface area contributed by atoms with Crippen LogP contribution < -0.4 is 4.74 Å². The van der Waals surface area contributed by atoms with Gasteiger partial charge in [-0.25, -0.2) is 0 Å². The first-order valence-electron chi connectivity index (χ1n) is 6.40. The van der Waals surface area contributed by atoms with E-state index in [1.54, 1.807) is 25.3 Å². The Morgan fingerprint density at radius 1 is 1.32 bits per heavy atom. The molecule has 0 atom stereocenters. The van der Waals surface area contributed by atoms with Gasteiger partial charge in [0, 0.05) is 11.6 Å². The third kappa shape index (κ3) is 3.44. The fraction of sp³-hybridized carbons (Fsp3) is 0.333. The first-order valence-corrected chi connectivity index (χ1v) is 6.40. The number of benzene rings is 1. The average Bonchev–Trinajstić information content (AvgIpc) is 2.46. The molecular weight excluding hydrogens is 242 g/mol. The Hall–Kier alpha value is -2.10. The smallest absolute Gasteiger partial charge is 0.272 e. The molecule has 4 heteroatoms. The molecule has 1 aromatic rings. The van der Waals surface area contributed by atoms with Crippen molar-refractivity contribution in [1.29, 1.82) is 0 Å². The molecule has 0 aliphatic heterocycles. The highest BCUT2D eigenvalue weighted by atomic mass is 16.6. The number of allylic oxidation sites excluding steroid dienone is 2. The minimum atomic E-state index is -0.290. The molecule has 0 bridgehead atoms. The molecule has 0 aromatic heterocycles. The molecule has 0 saturated carbocycles. The Bertz CT molecular complexity index is 515. The molecule has 1 aromatic carbocycles. The normalized spacial score (nSPS) is 15.8. The second-order valence-electron chi connectivity index (χ2n) is 4.53. The predicted molar refractivity (Wildman–Crippen MR) is 74.5 cm³/mol. The molecule has 0 N–H and O–H groups in total. The molecule has 2 rings (SSSR count). The summed E-state index contributed by atoms with van der Waals surface area (Å²) in [7, 11) is 1.60. The monoisotopic (exact) mass is 259 g/mol. The molecule has 0 unspecified atom stereocenters. The van der Waals surface area contributed by atoms with Crippen LogP contribution in [0.3, 0.4) is 0 Å². The van der Waals surface area contributed by atoms with E-state index in [2.05, 4.69) is 0 Å². The van der Waals surface area contributed by atoms with E-state index in [4.69, 9.17) is 4.74 Å². The molecule has 0 saturated heterocycles. The number of nitro groups is 1. The molecular formula is C15H17NO3. The van der Waals surface area contributed by atoms with Gasteiger partial charge in [0.15, 0.2) is 0 Å². The van der Waals surface area contributed by atoms with Gasteiger partial charge in [-0.1, -0.05) is 18.2 Å². The lowest BCUT2D eigenvalue weighted by Crippen LogP contribution is -2.04. The van der Waals surface area contributed by atoms with Gasteiger partial charge in [0.25, 0.3) is 5.70 Å². The summed E-state index contributed by atoms with van der Waals surface area (Å²) in [6.07, 6.45) is 7.50. The van der Waals surface area contributed by atoms with Gasteiger partial charge in [-0.15, -0.1) is 0 Å². The quantitative estimate of drug-likeness (QED) is 0.610. The summed E-state index contributed by atoms with van der Waals surface area (Å²) >= 11 is 0. The predicted octanol–water partition coefficient (Wildman–Crippen LogP) is 3.81. The number of nitrogens with zero attached hydrogens (tertiary/aromatic N) is 1. The fourth-order valence-corrected chi connectivity index (χ4v) is 2.19. The summed E-state index contributed by atoms with van der Waals surface area (Å²) in [5.74, 6) is 0.747. The average molecular weight is 259 g/mol. The van der Waals surface area contributed by atoms with Crippen molar-refractivity contribution < 1.29 is 9.66 Å². The zero-order valence-electron chi connectivity index (χ0n) is 11.0. The summed E-state index contributed by atoms with van der Waals surface area (Å²) < 4.78 is 5.07. The van der Waals surface area contributed by atoms with Crippen LogP contribution in [0.25, 0.3) is 6.08 Å². The number of methoxy groups -OCH3 is 1. The standard InChI is InChI=1S/C15H17NO3/c1-19-14-9-7-12(8-10-14)11-15(16(17)18)13-5-3-2-4-6-13/h5,7-11H,2-4,6H2,1H3/b15-11-. The topological polar surface area (TPSA) is 52.4 Å². The Morgan fingerprint density at radius 2 is 2.05 bits per heavy atom. The van der Waals surface area contributed by atoms with E-state index in [0.717, 1.165) is 42.6 Å². The highest BCUT2D eigenvalue weighted by Crippen LogP contribution is 2.26. The molecule has 1 aliphatic carbocycles. The first-order chi connectivity index (χ1) is 9.20. The van der Waals surface area contributed by atoms with E-state index < -0.39 is 0 Å². The third-order valence-corrected chi connectivity index (χ3v) is 3.24. The third-order valence-electron chi connectivity index (χ3n) is 3.24. The highest BCUT2D eigenvalue weighted by Gasteiger charge is 2.18. The van der Waals surface area contributed by atoms with Gasteiger partial charge in [0.2, 0.25) is 0 Å². The van der Waals surface area contributed by atoms with Crippen molar-refractivity contribution in [1.82, 2.24) is 0 Å². The molecule has 0 radical (unpaired) electrons. The van der Waals surface area contributed by atoms with Gasteiger partial charge in [-0.2, -0.15) is 0 Å². The van der Waals surface area contributed by atoms with Crippen molar-refractivity contribution in [3.05, 3.63) is 57.3 Å². The SMILES string of the molecule is COc1ccc(/C=C(/C2=CCCCC2)[N+](=O)[O-])cc1. The van der Waals surface area contributed by atoms with Crippen LogP contribution in [0, 0.1) is 10.1 Å². The minimum Gasteiger partial charge on any atom is -0.497 e. The molecule has 1 aliphatic rings. The van der Waals surface area contributed by atoms with Gasteiger partial charge in [0.1, 0.15) is 5.75 Å². The van der Waals surface area contributed by atoms with E-state index in [1.165, 1.54) is 0 Å². The van der Waals surface area contributed by atoms with Crippen molar-refractivity contribution in [3.8, 4) is 5.75 Å². The molecule has 0 spiro atoms. The molecule has 19 heavy (non-hydrogen) atoms. The maximum absolute atomic E-state index is 11.2. The van der Waals surface area contributed by atoms with E-state index in [9.17, 15) is 10.1 Å². The van der Waals surface area contributed by atoms with Crippen LogP contribution in [0.5, 0.6) is 5.75 Å². The van der Waals surface area contributed by atoms with Crippen LogP contribution in [0.1, 0.15) is 31.2 Å². The van der Waals surface area contributed by atoms with Crippen LogP contribution >= 0.6 is 0 Å². The lowest BCUT2D eigenvalue weighted by molar-refractivity contribution is -0.419. The number of hydrogen-bond acceptors (Lipinski definition) is 3. The number of rotatable bonds is 4. The Morgan fingerprint density at radius 3 is 2.58 bits per heavy atom. The van der Waals surface area contributed by atoms with Gasteiger partial charge < -0.3 is 4.74 Å². The van der Waals surface area contributed by atoms with Crippen molar-refractivity contribution >= 4 is 6.08 Å². The van der Waals surface area contributed by atoms with E-state index in [-0.39, 0.29) is 10.6 Å². The molecule has 100 valence electrons. The van der Waals surface area contributed by atoms with Crippen molar-refractivity contribution in [2.24, 2.45) is 0 Å². The second-order valence-corrected chi connectivity index (χ2v) is 4.53. The van der Waals surface area contributed by atoms with Crippen LogP contribution in [-0.4, -0.2) is 12.0 Å².